The van der Waals surface area contributed by atoms with Crippen LogP contribution in [0.25, 0.3) is 10.8 Å². The van der Waals surface area contributed by atoms with Crippen LogP contribution in [0.1, 0.15) is 16.8 Å². The molecule has 0 fully saturated rings. The summed E-state index contributed by atoms with van der Waals surface area (Å²) in [7, 11) is 0. The number of pyridine rings is 1. The minimum atomic E-state index is 0.443. The van der Waals surface area contributed by atoms with E-state index in [0.29, 0.717) is 5.88 Å². The molecule has 2 aromatic carbocycles. The largest absolute Gasteiger partial charge is 0.347 e. The molecule has 0 bridgehead atoms. The molecule has 0 saturated heterocycles. The summed E-state index contributed by atoms with van der Waals surface area (Å²) in [5.74, 6) is 1.48. The second-order valence-corrected chi connectivity index (χ2v) is 5.68. The summed E-state index contributed by atoms with van der Waals surface area (Å²) in [5.41, 5.74) is 3.71. The number of anilines is 1. The Morgan fingerprint density at radius 1 is 0.952 bits per heavy atom. The summed E-state index contributed by atoms with van der Waals surface area (Å²) in [6, 6.07) is 19.1. The van der Waals surface area contributed by atoms with Crippen molar-refractivity contribution in [1.82, 2.24) is 4.98 Å². The van der Waals surface area contributed by atoms with E-state index in [-0.39, 0.29) is 0 Å². The van der Waals surface area contributed by atoms with E-state index in [0.717, 1.165) is 24.6 Å². The number of aromatic nitrogens is 1. The van der Waals surface area contributed by atoms with Gasteiger partial charge in [0.1, 0.15) is 5.82 Å². The molecule has 21 heavy (non-hydrogen) atoms. The zero-order chi connectivity index (χ0) is 14.2. The topological polar surface area (TPSA) is 16.1 Å². The second kappa shape index (κ2) is 5.05. The SMILES string of the molecule is ClCc1cc2ccccc2c(N2Cc3ccccc3C2)n1. The van der Waals surface area contributed by atoms with Gasteiger partial charge in [0, 0.05) is 18.5 Å². The van der Waals surface area contributed by atoms with Gasteiger partial charge in [0.15, 0.2) is 0 Å². The Morgan fingerprint density at radius 2 is 1.62 bits per heavy atom. The highest BCUT2D eigenvalue weighted by molar-refractivity contribution is 6.17. The summed E-state index contributed by atoms with van der Waals surface area (Å²) >= 11 is 6.01. The molecule has 0 saturated carbocycles. The van der Waals surface area contributed by atoms with Crippen molar-refractivity contribution in [2.24, 2.45) is 0 Å². The van der Waals surface area contributed by atoms with Crippen LogP contribution in [0.4, 0.5) is 5.82 Å². The Balaban J connectivity index is 1.84. The molecule has 0 atom stereocenters. The molecule has 1 aliphatic rings. The Morgan fingerprint density at radius 3 is 2.33 bits per heavy atom. The molecule has 0 unspecified atom stereocenters. The Bertz CT molecular complexity index is 788. The van der Waals surface area contributed by atoms with E-state index < -0.39 is 0 Å². The molecule has 3 aromatic rings. The number of fused-ring (bicyclic) bond motifs is 2. The first kappa shape index (κ1) is 12.7. The maximum absolute atomic E-state index is 6.01. The average Bonchev–Trinajstić information content (AvgIpc) is 2.97. The predicted octanol–water partition coefficient (Wildman–Crippen LogP) is 4.49. The van der Waals surface area contributed by atoms with Crippen molar-refractivity contribution in [2.45, 2.75) is 19.0 Å². The molecule has 4 rings (SSSR count). The highest BCUT2D eigenvalue weighted by atomic mass is 35.5. The standard InChI is InChI=1S/C18H15ClN2/c19-10-16-9-13-5-3-4-8-17(13)18(20-16)21-11-14-6-1-2-7-15(14)12-21/h1-9H,10-12H2. The van der Waals surface area contributed by atoms with Crippen LogP contribution < -0.4 is 4.90 Å². The third-order valence-corrected chi connectivity index (χ3v) is 4.32. The van der Waals surface area contributed by atoms with Gasteiger partial charge in [-0.3, -0.25) is 0 Å². The number of rotatable bonds is 2. The van der Waals surface area contributed by atoms with E-state index in [2.05, 4.69) is 59.5 Å². The van der Waals surface area contributed by atoms with E-state index in [9.17, 15) is 0 Å². The molecule has 0 N–H and O–H groups in total. The lowest BCUT2D eigenvalue weighted by atomic mass is 10.1. The average molecular weight is 295 g/mol. The maximum atomic E-state index is 6.01. The molecular formula is C18H15ClN2. The minimum absolute atomic E-state index is 0.443. The lowest BCUT2D eigenvalue weighted by molar-refractivity contribution is 0.858. The van der Waals surface area contributed by atoms with Crippen molar-refractivity contribution in [2.75, 3.05) is 4.90 Å². The number of halogens is 1. The van der Waals surface area contributed by atoms with Crippen LogP contribution in [0.5, 0.6) is 0 Å². The molecule has 2 heterocycles. The quantitative estimate of drug-likeness (QED) is 0.647. The molecule has 1 aliphatic heterocycles. The van der Waals surface area contributed by atoms with Crippen molar-refractivity contribution in [3.05, 3.63) is 71.4 Å². The third kappa shape index (κ3) is 2.16. The molecule has 3 heteroatoms. The number of alkyl halides is 1. The summed E-state index contributed by atoms with van der Waals surface area (Å²) in [4.78, 5) is 7.11. The van der Waals surface area contributed by atoms with Gasteiger partial charge in [0.05, 0.1) is 11.6 Å². The lowest BCUT2D eigenvalue weighted by Gasteiger charge is -2.19. The van der Waals surface area contributed by atoms with Crippen LogP contribution in [-0.4, -0.2) is 4.98 Å². The van der Waals surface area contributed by atoms with Crippen molar-refractivity contribution in [1.29, 1.82) is 0 Å². The molecule has 1 aromatic heterocycles. The van der Waals surface area contributed by atoms with Gasteiger partial charge in [-0.2, -0.15) is 0 Å². The molecule has 0 amide bonds. The van der Waals surface area contributed by atoms with Gasteiger partial charge in [-0.1, -0.05) is 48.5 Å². The number of hydrogen-bond acceptors (Lipinski definition) is 2. The molecular weight excluding hydrogens is 280 g/mol. The van der Waals surface area contributed by atoms with Crippen LogP contribution in [0, 0.1) is 0 Å². The van der Waals surface area contributed by atoms with Crippen LogP contribution in [0.15, 0.2) is 54.6 Å². The predicted molar refractivity (Wildman–Crippen MR) is 87.6 cm³/mol. The Kier molecular flexibility index (Phi) is 3.04. The van der Waals surface area contributed by atoms with Gasteiger partial charge < -0.3 is 4.90 Å². The smallest absolute Gasteiger partial charge is 0.137 e. The fourth-order valence-corrected chi connectivity index (χ4v) is 3.16. The number of benzene rings is 2. The van der Waals surface area contributed by atoms with Crippen LogP contribution >= 0.6 is 11.6 Å². The van der Waals surface area contributed by atoms with Gasteiger partial charge in [-0.15, -0.1) is 11.6 Å². The van der Waals surface area contributed by atoms with Gasteiger partial charge in [-0.05, 0) is 22.6 Å². The number of hydrogen-bond donors (Lipinski definition) is 0. The van der Waals surface area contributed by atoms with E-state index in [4.69, 9.17) is 16.6 Å². The van der Waals surface area contributed by atoms with Crippen LogP contribution in [0.2, 0.25) is 0 Å². The minimum Gasteiger partial charge on any atom is -0.347 e. The zero-order valence-electron chi connectivity index (χ0n) is 11.6. The van der Waals surface area contributed by atoms with Crippen molar-refractivity contribution >= 4 is 28.2 Å². The summed E-state index contributed by atoms with van der Waals surface area (Å²) in [6.07, 6.45) is 0. The zero-order valence-corrected chi connectivity index (χ0v) is 12.3. The molecule has 2 nitrogen and oxygen atoms in total. The van der Waals surface area contributed by atoms with Crippen LogP contribution in [0.3, 0.4) is 0 Å². The van der Waals surface area contributed by atoms with Gasteiger partial charge in [0.25, 0.3) is 0 Å². The number of nitrogens with zero attached hydrogens (tertiary/aromatic N) is 2. The van der Waals surface area contributed by atoms with E-state index >= 15 is 0 Å². The second-order valence-electron chi connectivity index (χ2n) is 5.42. The fraction of sp³-hybridized carbons (Fsp3) is 0.167. The monoisotopic (exact) mass is 294 g/mol. The molecule has 0 aliphatic carbocycles. The summed E-state index contributed by atoms with van der Waals surface area (Å²) in [5, 5.41) is 2.40. The maximum Gasteiger partial charge on any atom is 0.137 e. The van der Waals surface area contributed by atoms with Gasteiger partial charge in [0.2, 0.25) is 0 Å². The van der Waals surface area contributed by atoms with E-state index in [1.807, 2.05) is 0 Å². The van der Waals surface area contributed by atoms with Crippen molar-refractivity contribution in [3.8, 4) is 0 Å². The third-order valence-electron chi connectivity index (χ3n) is 4.05. The highest BCUT2D eigenvalue weighted by Crippen LogP contribution is 2.32. The Hall–Kier alpha value is -2.06. The van der Waals surface area contributed by atoms with Crippen molar-refractivity contribution in [3.63, 3.8) is 0 Å². The first-order chi connectivity index (χ1) is 10.3. The van der Waals surface area contributed by atoms with Crippen molar-refractivity contribution < 1.29 is 0 Å². The van der Waals surface area contributed by atoms with E-state index in [1.54, 1.807) is 0 Å². The summed E-state index contributed by atoms with van der Waals surface area (Å²) < 4.78 is 0. The first-order valence-corrected chi connectivity index (χ1v) is 7.65. The highest BCUT2D eigenvalue weighted by Gasteiger charge is 2.21. The molecule has 0 radical (unpaired) electrons. The molecule has 104 valence electrons. The fourth-order valence-electron chi connectivity index (χ4n) is 3.03. The summed E-state index contributed by atoms with van der Waals surface area (Å²) in [6.45, 7) is 1.83. The normalized spacial score (nSPS) is 13.7. The molecule has 0 spiro atoms. The lowest BCUT2D eigenvalue weighted by Crippen LogP contribution is -2.17. The van der Waals surface area contributed by atoms with Gasteiger partial charge in [-0.25, -0.2) is 4.98 Å². The Labute approximate surface area is 129 Å². The van der Waals surface area contributed by atoms with E-state index in [1.165, 1.54) is 21.9 Å². The van der Waals surface area contributed by atoms with Crippen LogP contribution in [-0.2, 0) is 19.0 Å². The van der Waals surface area contributed by atoms with Gasteiger partial charge >= 0.3 is 0 Å². The first-order valence-electron chi connectivity index (χ1n) is 7.11.